The van der Waals surface area contributed by atoms with Gasteiger partial charge in [0.05, 0.1) is 18.7 Å². The van der Waals surface area contributed by atoms with E-state index in [0.29, 0.717) is 21.3 Å². The molecule has 218 valence electrons. The molecule has 4 rings (SSSR count). The molecule has 2 aromatic carbocycles. The quantitative estimate of drug-likeness (QED) is 0.124. The number of alkyl halides is 3. The third-order valence-electron chi connectivity index (χ3n) is 7.25. The number of benzene rings is 2. The molecule has 6 nitrogen and oxygen atoms in total. The highest BCUT2D eigenvalue weighted by Crippen LogP contribution is 2.44. The zero-order valence-electron chi connectivity index (χ0n) is 22.9. The van der Waals surface area contributed by atoms with Crippen molar-refractivity contribution >= 4 is 29.0 Å². The van der Waals surface area contributed by atoms with Crippen molar-refractivity contribution in [1.29, 1.82) is 0 Å². The summed E-state index contributed by atoms with van der Waals surface area (Å²) >= 11 is 5.09. The second-order valence-electron chi connectivity index (χ2n) is 10.9. The molecule has 0 aliphatic heterocycles. The number of halogens is 4. The number of carbonyl (C=O) groups is 1. The van der Waals surface area contributed by atoms with Crippen LogP contribution in [0, 0.1) is 10.5 Å². The molecule has 0 bridgehead atoms. The fourth-order valence-electron chi connectivity index (χ4n) is 5.16. The van der Waals surface area contributed by atoms with Gasteiger partial charge in [-0.05, 0) is 66.3 Å². The van der Waals surface area contributed by atoms with E-state index in [-0.39, 0.29) is 16.8 Å². The Labute approximate surface area is 239 Å². The number of pyridine rings is 1. The van der Waals surface area contributed by atoms with Crippen molar-refractivity contribution in [2.45, 2.75) is 56.8 Å². The number of aromatic nitrogens is 2. The molecule has 1 amide bonds. The van der Waals surface area contributed by atoms with Crippen molar-refractivity contribution < 1.29 is 32.2 Å². The van der Waals surface area contributed by atoms with Crippen molar-refractivity contribution in [3.8, 4) is 5.75 Å². The van der Waals surface area contributed by atoms with E-state index in [0.717, 1.165) is 17.7 Å². The molecule has 0 radical (unpaired) electrons. The Kier molecular flexibility index (Phi) is 8.33. The Hall–Kier alpha value is -3.70. The Bertz CT molecular complexity index is 1610. The SMILES string of the molecule is COc1ccc(C(C)NC(=O)c2cc(F)ccc2C(C)(C)C[C@@](O)(Cc2cc3cc(=S)[nH]cc3[nH]2)C(F)(F)F)cc1. The van der Waals surface area contributed by atoms with Crippen LogP contribution in [0.1, 0.15) is 60.4 Å². The highest BCUT2D eigenvalue weighted by Gasteiger charge is 2.56. The van der Waals surface area contributed by atoms with Gasteiger partial charge in [0.25, 0.3) is 5.91 Å². The summed E-state index contributed by atoms with van der Waals surface area (Å²) in [6.07, 6.45) is -5.02. The van der Waals surface area contributed by atoms with Crippen LogP contribution in [0.2, 0.25) is 0 Å². The smallest absolute Gasteiger partial charge is 0.417 e. The average Bonchev–Trinajstić information content (AvgIpc) is 3.28. The van der Waals surface area contributed by atoms with Crippen molar-refractivity contribution in [3.05, 3.63) is 93.6 Å². The number of hydrogen-bond donors (Lipinski definition) is 4. The molecule has 41 heavy (non-hydrogen) atoms. The molecule has 11 heteroatoms. The first-order valence-electron chi connectivity index (χ1n) is 12.9. The second-order valence-corrected chi connectivity index (χ2v) is 11.3. The first kappa shape index (κ1) is 30.3. The number of nitrogens with one attached hydrogen (secondary N) is 3. The van der Waals surface area contributed by atoms with Gasteiger partial charge in [-0.1, -0.05) is 44.3 Å². The first-order chi connectivity index (χ1) is 19.1. The van der Waals surface area contributed by atoms with E-state index in [9.17, 15) is 27.5 Å². The summed E-state index contributed by atoms with van der Waals surface area (Å²) < 4.78 is 63.3. The van der Waals surface area contributed by atoms with Crippen LogP contribution < -0.4 is 10.1 Å². The lowest BCUT2D eigenvalue weighted by Crippen LogP contribution is -2.51. The van der Waals surface area contributed by atoms with E-state index in [1.54, 1.807) is 43.5 Å². The minimum atomic E-state index is -5.01. The number of carbonyl (C=O) groups excluding carboxylic acids is 1. The van der Waals surface area contributed by atoms with E-state index in [1.165, 1.54) is 33.1 Å². The normalized spacial score (nSPS) is 14.5. The molecular weight excluding hydrogens is 558 g/mol. The van der Waals surface area contributed by atoms with Crippen LogP contribution in [0.4, 0.5) is 17.6 Å². The summed E-state index contributed by atoms with van der Waals surface area (Å²) in [4.78, 5) is 19.1. The summed E-state index contributed by atoms with van der Waals surface area (Å²) in [7, 11) is 1.53. The van der Waals surface area contributed by atoms with Crippen LogP contribution in [0.5, 0.6) is 5.75 Å². The fourth-order valence-corrected chi connectivity index (χ4v) is 5.34. The van der Waals surface area contributed by atoms with Crippen LogP contribution in [0.3, 0.4) is 0 Å². The highest BCUT2D eigenvalue weighted by atomic mass is 32.1. The van der Waals surface area contributed by atoms with Gasteiger partial charge in [-0.25, -0.2) is 4.39 Å². The largest absolute Gasteiger partial charge is 0.497 e. The van der Waals surface area contributed by atoms with Gasteiger partial charge in [0.15, 0.2) is 5.60 Å². The number of amides is 1. The topological polar surface area (TPSA) is 90.1 Å². The zero-order chi connectivity index (χ0) is 30.2. The second kappa shape index (κ2) is 11.3. The minimum absolute atomic E-state index is 0.112. The Morgan fingerprint density at radius 1 is 1.10 bits per heavy atom. The Morgan fingerprint density at radius 2 is 1.78 bits per heavy atom. The Balaban J connectivity index is 1.64. The van der Waals surface area contributed by atoms with Crippen molar-refractivity contribution in [2.24, 2.45) is 0 Å². The predicted octanol–water partition coefficient (Wildman–Crippen LogP) is 7.07. The molecule has 0 saturated carbocycles. The summed E-state index contributed by atoms with van der Waals surface area (Å²) in [6, 6.07) is 13.0. The molecule has 2 aromatic heterocycles. The van der Waals surface area contributed by atoms with Gasteiger partial charge in [-0.3, -0.25) is 4.79 Å². The lowest BCUT2D eigenvalue weighted by molar-refractivity contribution is -0.266. The molecule has 0 saturated heterocycles. The number of methoxy groups -OCH3 is 1. The number of hydrogen-bond acceptors (Lipinski definition) is 4. The molecule has 2 atom stereocenters. The van der Waals surface area contributed by atoms with Crippen LogP contribution in [-0.4, -0.2) is 39.9 Å². The van der Waals surface area contributed by atoms with Crippen LogP contribution in [0.15, 0.2) is 60.8 Å². The van der Waals surface area contributed by atoms with Crippen molar-refractivity contribution in [3.63, 3.8) is 0 Å². The van der Waals surface area contributed by atoms with Crippen molar-refractivity contribution in [1.82, 2.24) is 15.3 Å². The Morgan fingerprint density at radius 3 is 2.41 bits per heavy atom. The van der Waals surface area contributed by atoms with E-state index < -0.39 is 47.8 Å². The van der Waals surface area contributed by atoms with Gasteiger partial charge in [-0.2, -0.15) is 13.2 Å². The number of H-pyrrole nitrogens is 2. The zero-order valence-corrected chi connectivity index (χ0v) is 23.8. The molecule has 4 N–H and O–H groups in total. The number of aromatic amines is 2. The van der Waals surface area contributed by atoms with Crippen LogP contribution in [-0.2, 0) is 11.8 Å². The number of aliphatic hydroxyl groups is 1. The molecule has 0 fully saturated rings. The van der Waals surface area contributed by atoms with Gasteiger partial charge in [0.2, 0.25) is 0 Å². The standard InChI is InChI=1S/C30H31F4N3O3S/c1-17(18-5-8-22(40-4)9-6-18)36-27(38)23-13-20(31)7-10-24(23)28(2,3)16-29(39,30(32,33)34)14-21-11-19-12-26(41)35-15-25(19)37-21/h5-13,15,17,37,39H,14,16H2,1-4H3,(H,35,41)(H,36,38)/t17?,29-/m0/s1. The molecule has 0 aliphatic rings. The van der Waals surface area contributed by atoms with E-state index in [4.69, 9.17) is 17.0 Å². The van der Waals surface area contributed by atoms with Crippen LogP contribution >= 0.6 is 12.2 Å². The maximum Gasteiger partial charge on any atom is 0.417 e. The average molecular weight is 590 g/mol. The van der Waals surface area contributed by atoms with Crippen molar-refractivity contribution in [2.75, 3.05) is 7.11 Å². The maximum atomic E-state index is 14.5. The predicted molar refractivity (Wildman–Crippen MR) is 151 cm³/mol. The number of ether oxygens (including phenoxy) is 1. The lowest BCUT2D eigenvalue weighted by Gasteiger charge is -2.38. The van der Waals surface area contributed by atoms with E-state index in [2.05, 4.69) is 15.3 Å². The maximum absolute atomic E-state index is 14.5. The minimum Gasteiger partial charge on any atom is -0.497 e. The van der Waals surface area contributed by atoms with E-state index >= 15 is 0 Å². The fraction of sp³-hybridized carbons (Fsp3) is 0.333. The number of rotatable bonds is 9. The van der Waals surface area contributed by atoms with Gasteiger partial charge >= 0.3 is 6.18 Å². The molecule has 2 heterocycles. The molecule has 4 aromatic rings. The molecule has 0 spiro atoms. The molecule has 0 aliphatic carbocycles. The monoisotopic (exact) mass is 589 g/mol. The molecule has 1 unspecified atom stereocenters. The highest BCUT2D eigenvalue weighted by molar-refractivity contribution is 7.71. The summed E-state index contributed by atoms with van der Waals surface area (Å²) in [6.45, 7) is 4.72. The lowest BCUT2D eigenvalue weighted by atomic mass is 9.72. The first-order valence-corrected chi connectivity index (χ1v) is 13.3. The third-order valence-corrected chi connectivity index (χ3v) is 7.48. The van der Waals surface area contributed by atoms with E-state index in [1.807, 2.05) is 0 Å². The molecular formula is C30H31F4N3O3S. The number of fused-ring (bicyclic) bond motifs is 1. The third kappa shape index (κ3) is 6.62. The van der Waals surface area contributed by atoms with Gasteiger partial charge in [0, 0.05) is 29.3 Å². The summed E-state index contributed by atoms with van der Waals surface area (Å²) in [5.74, 6) is -0.735. The van der Waals surface area contributed by atoms with Crippen LogP contribution in [0.25, 0.3) is 10.9 Å². The van der Waals surface area contributed by atoms with Gasteiger partial charge in [0.1, 0.15) is 16.2 Å². The summed E-state index contributed by atoms with van der Waals surface area (Å²) in [5.41, 5.74) is -3.06. The van der Waals surface area contributed by atoms with Gasteiger partial charge in [-0.15, -0.1) is 0 Å². The summed E-state index contributed by atoms with van der Waals surface area (Å²) in [5, 5.41) is 14.5. The van der Waals surface area contributed by atoms with Gasteiger partial charge < -0.3 is 25.1 Å².